The van der Waals surface area contributed by atoms with Crippen LogP contribution in [0.3, 0.4) is 0 Å². The van der Waals surface area contributed by atoms with Gasteiger partial charge in [0.25, 0.3) is 0 Å². The van der Waals surface area contributed by atoms with Gasteiger partial charge in [-0.3, -0.25) is 4.99 Å². The highest BCUT2D eigenvalue weighted by Gasteiger charge is 2.23. The Labute approximate surface area is 166 Å². The Bertz CT molecular complexity index is 651. The average molecular weight is 395 g/mol. The molecule has 7 heteroatoms. The molecule has 3 rings (SSSR count). The van der Waals surface area contributed by atoms with Gasteiger partial charge in [0, 0.05) is 57.7 Å². The van der Waals surface area contributed by atoms with Gasteiger partial charge in [-0.15, -0.1) is 0 Å². The van der Waals surface area contributed by atoms with Crippen LogP contribution in [0.25, 0.3) is 0 Å². The van der Waals surface area contributed by atoms with Crippen molar-refractivity contribution < 1.29 is 13.5 Å². The van der Waals surface area contributed by atoms with Gasteiger partial charge in [0.15, 0.2) is 17.6 Å². The van der Waals surface area contributed by atoms with Crippen molar-refractivity contribution in [2.45, 2.75) is 32.6 Å². The summed E-state index contributed by atoms with van der Waals surface area (Å²) in [5.41, 5.74) is 0.738. The molecule has 2 aliphatic rings. The SMILES string of the molecule is CCNC(=NCC1CCN(c2ccc(F)c(F)c2)C1)NCCCOCC1CC1. The molecule has 1 aromatic carbocycles. The molecule has 0 spiro atoms. The Morgan fingerprint density at radius 1 is 1.18 bits per heavy atom. The maximum atomic E-state index is 13.5. The molecule has 1 heterocycles. The topological polar surface area (TPSA) is 48.9 Å². The van der Waals surface area contributed by atoms with E-state index in [1.807, 2.05) is 0 Å². The molecule has 5 nitrogen and oxygen atoms in total. The first kappa shape index (κ1) is 20.8. The first-order chi connectivity index (χ1) is 13.7. The van der Waals surface area contributed by atoms with Crippen molar-refractivity contribution in [3.8, 4) is 0 Å². The van der Waals surface area contributed by atoms with Crippen LogP contribution in [0.15, 0.2) is 23.2 Å². The third-order valence-electron chi connectivity index (χ3n) is 5.21. The number of halogens is 2. The number of nitrogens with one attached hydrogen (secondary N) is 2. The lowest BCUT2D eigenvalue weighted by Gasteiger charge is -2.18. The molecule has 1 saturated carbocycles. The van der Waals surface area contributed by atoms with E-state index in [4.69, 9.17) is 9.73 Å². The van der Waals surface area contributed by atoms with Crippen LogP contribution in [0.2, 0.25) is 0 Å². The first-order valence-electron chi connectivity index (χ1n) is 10.5. The van der Waals surface area contributed by atoms with Crippen molar-refractivity contribution in [2.24, 2.45) is 16.8 Å². The van der Waals surface area contributed by atoms with E-state index in [0.29, 0.717) is 12.5 Å². The van der Waals surface area contributed by atoms with Crippen molar-refractivity contribution >= 4 is 11.6 Å². The fraction of sp³-hybridized carbons (Fsp3) is 0.667. The van der Waals surface area contributed by atoms with Crippen molar-refractivity contribution in [1.82, 2.24) is 10.6 Å². The number of hydrogen-bond acceptors (Lipinski definition) is 3. The maximum absolute atomic E-state index is 13.5. The lowest BCUT2D eigenvalue weighted by molar-refractivity contribution is 0.123. The van der Waals surface area contributed by atoms with E-state index >= 15 is 0 Å². The number of ether oxygens (including phenoxy) is 1. The predicted octanol–water partition coefficient (Wildman–Crippen LogP) is 3.16. The van der Waals surface area contributed by atoms with Crippen LogP contribution in [0.4, 0.5) is 14.5 Å². The Balaban J connectivity index is 1.39. The standard InChI is InChI=1S/C21H32F2N4O/c1-2-24-21(25-9-3-11-28-15-16-4-5-16)26-13-17-8-10-27(14-17)18-6-7-19(22)20(23)12-18/h6-7,12,16-17H,2-5,8-11,13-15H2,1H3,(H2,24,25,26). The fourth-order valence-electron chi connectivity index (χ4n) is 3.38. The van der Waals surface area contributed by atoms with E-state index in [0.717, 1.165) is 69.8 Å². The predicted molar refractivity (Wildman–Crippen MR) is 109 cm³/mol. The number of aliphatic imine (C=N–C) groups is 1. The number of nitrogens with zero attached hydrogens (tertiary/aromatic N) is 2. The van der Waals surface area contributed by atoms with Gasteiger partial charge in [0.05, 0.1) is 0 Å². The maximum Gasteiger partial charge on any atom is 0.191 e. The van der Waals surface area contributed by atoms with Crippen molar-refractivity contribution in [2.75, 3.05) is 50.8 Å². The molecular formula is C21H32F2N4O. The molecule has 1 aliphatic carbocycles. The number of guanidine groups is 1. The van der Waals surface area contributed by atoms with E-state index in [9.17, 15) is 8.78 Å². The Morgan fingerprint density at radius 3 is 2.79 bits per heavy atom. The van der Waals surface area contributed by atoms with Gasteiger partial charge in [-0.05, 0) is 56.6 Å². The minimum atomic E-state index is -0.802. The van der Waals surface area contributed by atoms with Crippen molar-refractivity contribution in [1.29, 1.82) is 0 Å². The summed E-state index contributed by atoms with van der Waals surface area (Å²) < 4.78 is 32.2. The summed E-state index contributed by atoms with van der Waals surface area (Å²) in [6.07, 6.45) is 4.61. The minimum absolute atomic E-state index is 0.408. The second kappa shape index (κ2) is 10.6. The Kier molecular flexibility index (Phi) is 7.89. The zero-order valence-corrected chi connectivity index (χ0v) is 16.7. The summed E-state index contributed by atoms with van der Waals surface area (Å²) in [5.74, 6) is 0.452. The van der Waals surface area contributed by atoms with Crippen molar-refractivity contribution in [3.05, 3.63) is 29.8 Å². The van der Waals surface area contributed by atoms with E-state index in [2.05, 4.69) is 22.5 Å². The lowest BCUT2D eigenvalue weighted by Crippen LogP contribution is -2.38. The number of rotatable bonds is 10. The average Bonchev–Trinajstić information content (AvgIpc) is 3.39. The molecule has 0 aromatic heterocycles. The first-order valence-corrected chi connectivity index (χ1v) is 10.5. The van der Waals surface area contributed by atoms with Crippen LogP contribution in [0, 0.1) is 23.5 Å². The third kappa shape index (κ3) is 6.62. The normalized spacial score (nSPS) is 19.9. The molecular weight excluding hydrogens is 362 g/mol. The highest BCUT2D eigenvalue weighted by atomic mass is 19.2. The quantitative estimate of drug-likeness (QED) is 0.364. The number of anilines is 1. The van der Waals surface area contributed by atoms with Crippen LogP contribution in [0.5, 0.6) is 0 Å². The summed E-state index contributed by atoms with van der Waals surface area (Å²) in [4.78, 5) is 6.80. The molecule has 1 aromatic rings. The summed E-state index contributed by atoms with van der Waals surface area (Å²) in [6, 6.07) is 4.11. The zero-order chi connectivity index (χ0) is 19.8. The molecule has 1 unspecified atom stereocenters. The van der Waals surface area contributed by atoms with Crippen LogP contribution in [-0.2, 0) is 4.74 Å². The fourth-order valence-corrected chi connectivity index (χ4v) is 3.38. The molecule has 1 atom stereocenters. The van der Waals surface area contributed by atoms with Gasteiger partial charge >= 0.3 is 0 Å². The second-order valence-corrected chi connectivity index (χ2v) is 7.72. The summed E-state index contributed by atoms with van der Waals surface area (Å²) >= 11 is 0. The lowest BCUT2D eigenvalue weighted by atomic mass is 10.1. The zero-order valence-electron chi connectivity index (χ0n) is 16.7. The number of hydrogen-bond donors (Lipinski definition) is 2. The van der Waals surface area contributed by atoms with Crippen LogP contribution < -0.4 is 15.5 Å². The van der Waals surface area contributed by atoms with Gasteiger partial charge in [0.1, 0.15) is 0 Å². The van der Waals surface area contributed by atoms with Crippen LogP contribution in [-0.4, -0.2) is 51.9 Å². The smallest absolute Gasteiger partial charge is 0.191 e. The Hall–Kier alpha value is -1.89. The van der Waals surface area contributed by atoms with E-state index in [-0.39, 0.29) is 0 Å². The van der Waals surface area contributed by atoms with Gasteiger partial charge in [-0.2, -0.15) is 0 Å². The summed E-state index contributed by atoms with van der Waals surface area (Å²) in [7, 11) is 0. The third-order valence-corrected chi connectivity index (χ3v) is 5.21. The highest BCUT2D eigenvalue weighted by Crippen LogP contribution is 2.28. The molecule has 0 amide bonds. The molecule has 2 N–H and O–H groups in total. The molecule has 2 fully saturated rings. The van der Waals surface area contributed by atoms with Gasteiger partial charge in [0.2, 0.25) is 0 Å². The Morgan fingerprint density at radius 2 is 2.04 bits per heavy atom. The minimum Gasteiger partial charge on any atom is -0.381 e. The van der Waals surface area contributed by atoms with E-state index < -0.39 is 11.6 Å². The van der Waals surface area contributed by atoms with Gasteiger partial charge in [-0.1, -0.05) is 0 Å². The second-order valence-electron chi connectivity index (χ2n) is 7.72. The molecule has 1 aliphatic heterocycles. The van der Waals surface area contributed by atoms with E-state index in [1.54, 1.807) is 6.07 Å². The largest absolute Gasteiger partial charge is 0.381 e. The summed E-state index contributed by atoms with van der Waals surface area (Å²) in [5, 5.41) is 6.63. The molecule has 1 saturated heterocycles. The van der Waals surface area contributed by atoms with Crippen molar-refractivity contribution in [3.63, 3.8) is 0 Å². The van der Waals surface area contributed by atoms with Crippen LogP contribution in [0.1, 0.15) is 32.6 Å². The molecule has 0 bridgehead atoms. The highest BCUT2D eigenvalue weighted by molar-refractivity contribution is 5.79. The van der Waals surface area contributed by atoms with Crippen LogP contribution >= 0.6 is 0 Å². The summed E-state index contributed by atoms with van der Waals surface area (Å²) in [6.45, 7) is 7.76. The van der Waals surface area contributed by atoms with E-state index in [1.165, 1.54) is 25.0 Å². The molecule has 28 heavy (non-hydrogen) atoms. The monoisotopic (exact) mass is 394 g/mol. The molecule has 0 radical (unpaired) electrons. The number of benzene rings is 1. The van der Waals surface area contributed by atoms with Gasteiger partial charge in [-0.25, -0.2) is 8.78 Å². The van der Waals surface area contributed by atoms with Gasteiger partial charge < -0.3 is 20.3 Å². The molecule has 156 valence electrons.